The Balaban J connectivity index is 1.63. The molecule has 1 atom stereocenters. The third-order valence-corrected chi connectivity index (χ3v) is 7.72. The zero-order valence-corrected chi connectivity index (χ0v) is 21.5. The molecule has 3 aliphatic rings. The molecule has 4 rings (SSSR count). The Hall–Kier alpha value is -2.58. The molecular weight excluding hydrogens is 448 g/mol. The standard InChI is InChI=1S/C26H34N4O3S/c1-6-28-11-13-29(14-12-28)22(31)15-21-16-34-26-27-18(4)23(25(32)33-5)24(30(21)26)20-9-7-19(8-10-20)17(2)3/h7-10,16-17,24H,6,11-15H2,1-5H3/t24-/m1/s1. The fourth-order valence-corrected chi connectivity index (χ4v) is 5.66. The van der Waals surface area contributed by atoms with Crippen LogP contribution in [0, 0.1) is 0 Å². The SMILES string of the molecule is CCN1CCN(C(=O)CC2=CSC3=NC(C)=C(C(=O)OC)[C@@H](c4ccc(C(C)C)cc4)N23)CC1. The van der Waals surface area contributed by atoms with Gasteiger partial charge in [0.1, 0.15) is 0 Å². The van der Waals surface area contributed by atoms with Crippen molar-refractivity contribution in [3.63, 3.8) is 0 Å². The number of thioether (sulfide) groups is 1. The molecule has 0 spiro atoms. The molecule has 7 nitrogen and oxygen atoms in total. The van der Waals surface area contributed by atoms with Crippen LogP contribution in [0.4, 0.5) is 0 Å². The van der Waals surface area contributed by atoms with Crippen molar-refractivity contribution in [3.8, 4) is 0 Å². The van der Waals surface area contributed by atoms with Gasteiger partial charge in [0.05, 0.1) is 30.8 Å². The van der Waals surface area contributed by atoms with Crippen LogP contribution in [0.5, 0.6) is 0 Å². The van der Waals surface area contributed by atoms with Crippen molar-refractivity contribution in [3.05, 3.63) is 57.8 Å². The normalized spacial score (nSPS) is 20.9. The first-order valence-electron chi connectivity index (χ1n) is 12.0. The summed E-state index contributed by atoms with van der Waals surface area (Å²) in [6.45, 7) is 12.7. The highest BCUT2D eigenvalue weighted by Crippen LogP contribution is 2.45. The molecule has 1 aromatic rings. The summed E-state index contributed by atoms with van der Waals surface area (Å²) >= 11 is 1.51. The lowest BCUT2D eigenvalue weighted by Gasteiger charge is -2.37. The van der Waals surface area contributed by atoms with E-state index in [1.807, 2.05) is 17.2 Å². The number of allylic oxidation sites excluding steroid dienone is 1. The number of ether oxygens (including phenoxy) is 1. The van der Waals surface area contributed by atoms with Crippen LogP contribution in [-0.4, -0.2) is 71.6 Å². The Morgan fingerprint density at radius 3 is 2.41 bits per heavy atom. The Bertz CT molecular complexity index is 1040. The molecule has 1 saturated heterocycles. The highest BCUT2D eigenvalue weighted by atomic mass is 32.2. The summed E-state index contributed by atoms with van der Waals surface area (Å²) in [7, 11) is 1.40. The van der Waals surface area contributed by atoms with Crippen LogP contribution in [0.3, 0.4) is 0 Å². The van der Waals surface area contributed by atoms with E-state index in [2.05, 4.69) is 54.8 Å². The minimum atomic E-state index is -0.392. The van der Waals surface area contributed by atoms with Gasteiger partial charge in [0.15, 0.2) is 5.17 Å². The molecule has 1 fully saturated rings. The van der Waals surface area contributed by atoms with Crippen LogP contribution < -0.4 is 0 Å². The summed E-state index contributed by atoms with van der Waals surface area (Å²) in [6, 6.07) is 7.99. The number of fused-ring (bicyclic) bond motifs is 1. The fourth-order valence-electron chi connectivity index (χ4n) is 4.70. The molecule has 0 aromatic heterocycles. The topological polar surface area (TPSA) is 65.4 Å². The summed E-state index contributed by atoms with van der Waals surface area (Å²) in [5, 5.41) is 2.80. The molecule has 0 radical (unpaired) electrons. The second-order valence-electron chi connectivity index (χ2n) is 9.20. The van der Waals surface area contributed by atoms with Crippen molar-refractivity contribution in [2.75, 3.05) is 39.8 Å². The molecule has 34 heavy (non-hydrogen) atoms. The number of likely N-dealkylation sites (N-methyl/N-ethyl adjacent to an activating group) is 1. The van der Waals surface area contributed by atoms with Crippen LogP contribution in [-0.2, 0) is 14.3 Å². The monoisotopic (exact) mass is 482 g/mol. The quantitative estimate of drug-likeness (QED) is 0.569. The van der Waals surface area contributed by atoms with E-state index in [1.54, 1.807) is 0 Å². The average molecular weight is 483 g/mol. The third-order valence-electron chi connectivity index (χ3n) is 6.83. The van der Waals surface area contributed by atoms with Gasteiger partial charge in [-0.2, -0.15) is 0 Å². The summed E-state index contributed by atoms with van der Waals surface area (Å²) in [5.74, 6) is 0.138. The lowest BCUT2D eigenvalue weighted by molar-refractivity contribution is -0.136. The maximum atomic E-state index is 13.2. The number of esters is 1. The summed E-state index contributed by atoms with van der Waals surface area (Å²) in [6.07, 6.45) is 0.284. The predicted molar refractivity (Wildman–Crippen MR) is 136 cm³/mol. The zero-order chi connectivity index (χ0) is 24.4. The van der Waals surface area contributed by atoms with Crippen molar-refractivity contribution in [2.24, 2.45) is 4.99 Å². The minimum Gasteiger partial charge on any atom is -0.466 e. The molecule has 1 amide bonds. The molecule has 3 heterocycles. The van der Waals surface area contributed by atoms with Gasteiger partial charge in [-0.25, -0.2) is 9.79 Å². The van der Waals surface area contributed by atoms with Gasteiger partial charge in [0.25, 0.3) is 0 Å². The average Bonchev–Trinajstić information content (AvgIpc) is 3.24. The third kappa shape index (κ3) is 4.79. The molecule has 0 saturated carbocycles. The molecule has 0 bridgehead atoms. The molecule has 182 valence electrons. The van der Waals surface area contributed by atoms with Crippen LogP contribution in [0.1, 0.15) is 57.2 Å². The van der Waals surface area contributed by atoms with E-state index in [0.717, 1.165) is 49.2 Å². The lowest BCUT2D eigenvalue weighted by atomic mass is 9.92. The summed E-state index contributed by atoms with van der Waals surface area (Å²) in [5.41, 5.74) is 4.26. The number of nitrogens with zero attached hydrogens (tertiary/aromatic N) is 4. The molecule has 8 heteroatoms. The van der Waals surface area contributed by atoms with Crippen molar-refractivity contribution in [1.82, 2.24) is 14.7 Å². The van der Waals surface area contributed by atoms with Crippen LogP contribution in [0.25, 0.3) is 0 Å². The second kappa shape index (κ2) is 10.4. The number of rotatable bonds is 6. The van der Waals surface area contributed by atoms with Gasteiger partial charge >= 0.3 is 5.97 Å². The van der Waals surface area contributed by atoms with Crippen molar-refractivity contribution in [1.29, 1.82) is 0 Å². The van der Waals surface area contributed by atoms with Gasteiger partial charge in [-0.05, 0) is 35.9 Å². The van der Waals surface area contributed by atoms with Gasteiger partial charge in [-0.3, -0.25) is 4.79 Å². The summed E-state index contributed by atoms with van der Waals surface area (Å²) in [4.78, 5) is 37.2. The fraction of sp³-hybridized carbons (Fsp3) is 0.500. The molecule has 3 aliphatic heterocycles. The highest BCUT2D eigenvalue weighted by molar-refractivity contribution is 8.16. The maximum absolute atomic E-state index is 13.2. The number of aliphatic imine (C=N–C) groups is 1. The molecule has 0 aliphatic carbocycles. The van der Waals surface area contributed by atoms with Gasteiger partial charge in [0, 0.05) is 31.9 Å². The Morgan fingerprint density at radius 2 is 1.82 bits per heavy atom. The van der Waals surface area contributed by atoms with Gasteiger partial charge < -0.3 is 19.4 Å². The van der Waals surface area contributed by atoms with Crippen LogP contribution in [0.15, 0.2) is 51.6 Å². The molecule has 1 aromatic carbocycles. The van der Waals surface area contributed by atoms with E-state index >= 15 is 0 Å². The minimum absolute atomic E-state index is 0.114. The Morgan fingerprint density at radius 1 is 1.15 bits per heavy atom. The van der Waals surface area contributed by atoms with Gasteiger partial charge in [-0.15, -0.1) is 0 Å². The van der Waals surface area contributed by atoms with E-state index in [0.29, 0.717) is 17.2 Å². The Labute approximate surface area is 206 Å². The highest BCUT2D eigenvalue weighted by Gasteiger charge is 2.41. The zero-order valence-electron chi connectivity index (χ0n) is 20.7. The maximum Gasteiger partial charge on any atom is 0.338 e. The summed E-state index contributed by atoms with van der Waals surface area (Å²) < 4.78 is 5.16. The first-order chi connectivity index (χ1) is 16.3. The molecular formula is C26H34N4O3S. The Kier molecular flexibility index (Phi) is 7.48. The van der Waals surface area contributed by atoms with E-state index in [1.165, 1.54) is 24.4 Å². The first-order valence-corrected chi connectivity index (χ1v) is 12.8. The van der Waals surface area contributed by atoms with E-state index < -0.39 is 5.97 Å². The number of carbonyl (C=O) groups is 2. The largest absolute Gasteiger partial charge is 0.466 e. The number of hydrogen-bond donors (Lipinski definition) is 0. The number of amidine groups is 1. The number of carbonyl (C=O) groups excluding carboxylic acids is 2. The van der Waals surface area contributed by atoms with Crippen molar-refractivity contribution >= 4 is 28.8 Å². The van der Waals surface area contributed by atoms with E-state index in [4.69, 9.17) is 9.73 Å². The number of amides is 1. The van der Waals surface area contributed by atoms with E-state index in [-0.39, 0.29) is 18.4 Å². The van der Waals surface area contributed by atoms with Gasteiger partial charge in [-0.1, -0.05) is 56.8 Å². The first kappa shape index (κ1) is 24.5. The predicted octanol–water partition coefficient (Wildman–Crippen LogP) is 4.11. The number of benzene rings is 1. The van der Waals surface area contributed by atoms with Crippen LogP contribution in [0.2, 0.25) is 0 Å². The molecule has 0 unspecified atom stereocenters. The van der Waals surface area contributed by atoms with Crippen molar-refractivity contribution in [2.45, 2.75) is 46.1 Å². The van der Waals surface area contributed by atoms with E-state index in [9.17, 15) is 9.59 Å². The second-order valence-corrected chi connectivity index (χ2v) is 10.0. The number of hydrogen-bond acceptors (Lipinski definition) is 7. The smallest absolute Gasteiger partial charge is 0.338 e. The van der Waals surface area contributed by atoms with Crippen molar-refractivity contribution < 1.29 is 14.3 Å². The van der Waals surface area contributed by atoms with Crippen LogP contribution >= 0.6 is 11.8 Å². The van der Waals surface area contributed by atoms with Gasteiger partial charge in [0.2, 0.25) is 5.91 Å². The number of piperazine rings is 1. The molecule has 0 N–H and O–H groups in total. The lowest BCUT2D eigenvalue weighted by Crippen LogP contribution is -2.49. The number of methoxy groups -OCH3 is 1.